The molecule has 1 aromatic rings. The van der Waals surface area contributed by atoms with Gasteiger partial charge in [-0.15, -0.1) is 0 Å². The molecule has 0 saturated carbocycles. The predicted octanol–water partition coefficient (Wildman–Crippen LogP) is 1.97. The lowest BCUT2D eigenvalue weighted by molar-refractivity contribution is -0.116. The number of benzene rings is 1. The highest BCUT2D eigenvalue weighted by molar-refractivity contribution is 5.92. The van der Waals surface area contributed by atoms with Crippen molar-refractivity contribution in [3.63, 3.8) is 0 Å². The van der Waals surface area contributed by atoms with Gasteiger partial charge in [-0.25, -0.2) is 0 Å². The van der Waals surface area contributed by atoms with Crippen LogP contribution in [0.4, 0.5) is 14.5 Å². The summed E-state index contributed by atoms with van der Waals surface area (Å²) in [5.74, 6) is -0.329. The molecule has 0 spiro atoms. The Morgan fingerprint density at radius 3 is 2.76 bits per heavy atom. The van der Waals surface area contributed by atoms with E-state index < -0.39 is 6.61 Å². The molecule has 0 heterocycles. The second kappa shape index (κ2) is 6.80. The second-order valence-electron chi connectivity index (χ2n) is 3.32. The lowest BCUT2D eigenvalue weighted by Crippen LogP contribution is -2.14. The molecule has 1 amide bonds. The first-order valence-electron chi connectivity index (χ1n) is 5.17. The van der Waals surface area contributed by atoms with Crippen LogP contribution in [0.25, 0.3) is 0 Å². The molecule has 0 unspecified atom stereocenters. The van der Waals surface area contributed by atoms with Gasteiger partial charge in [-0.3, -0.25) is 4.79 Å². The molecule has 4 nitrogen and oxygen atoms in total. The molecule has 0 bridgehead atoms. The monoisotopic (exact) mass is 244 g/mol. The van der Waals surface area contributed by atoms with Crippen molar-refractivity contribution in [3.05, 3.63) is 24.3 Å². The molecule has 0 aliphatic carbocycles. The third-order valence-electron chi connectivity index (χ3n) is 1.99. The molecule has 6 heteroatoms. The van der Waals surface area contributed by atoms with Crippen LogP contribution < -0.4 is 15.8 Å². The number of rotatable bonds is 6. The van der Waals surface area contributed by atoms with Gasteiger partial charge in [-0.2, -0.15) is 8.78 Å². The zero-order chi connectivity index (χ0) is 12.7. The molecule has 0 atom stereocenters. The summed E-state index contributed by atoms with van der Waals surface area (Å²) in [5, 5.41) is 2.50. The number of carbonyl (C=O) groups excluding carboxylic acids is 1. The van der Waals surface area contributed by atoms with Crippen LogP contribution in [0.3, 0.4) is 0 Å². The number of nitrogens with two attached hydrogens (primary N) is 1. The van der Waals surface area contributed by atoms with Crippen LogP contribution in [0.2, 0.25) is 0 Å². The molecular weight excluding hydrogens is 230 g/mol. The Morgan fingerprint density at radius 2 is 2.12 bits per heavy atom. The summed E-state index contributed by atoms with van der Waals surface area (Å²) in [7, 11) is 0. The van der Waals surface area contributed by atoms with Gasteiger partial charge in [0, 0.05) is 6.42 Å². The Kier molecular flexibility index (Phi) is 5.35. The van der Waals surface area contributed by atoms with Crippen molar-refractivity contribution in [3.8, 4) is 5.75 Å². The second-order valence-corrected chi connectivity index (χ2v) is 3.32. The number of ether oxygens (including phenoxy) is 1. The van der Waals surface area contributed by atoms with Gasteiger partial charge >= 0.3 is 6.61 Å². The predicted molar refractivity (Wildman–Crippen MR) is 60.0 cm³/mol. The maximum Gasteiger partial charge on any atom is 0.387 e. The highest BCUT2D eigenvalue weighted by atomic mass is 19.3. The van der Waals surface area contributed by atoms with Crippen molar-refractivity contribution in [1.82, 2.24) is 0 Å². The number of para-hydroxylation sites is 2. The maximum absolute atomic E-state index is 12.1. The quantitative estimate of drug-likeness (QED) is 0.804. The van der Waals surface area contributed by atoms with Crippen molar-refractivity contribution in [2.24, 2.45) is 5.73 Å². The van der Waals surface area contributed by atoms with Gasteiger partial charge in [0.25, 0.3) is 0 Å². The lowest BCUT2D eigenvalue weighted by atomic mass is 10.2. The summed E-state index contributed by atoms with van der Waals surface area (Å²) in [5.41, 5.74) is 5.49. The number of hydrogen-bond acceptors (Lipinski definition) is 3. The van der Waals surface area contributed by atoms with Crippen LogP contribution in [0.15, 0.2) is 24.3 Å². The van der Waals surface area contributed by atoms with E-state index in [4.69, 9.17) is 5.73 Å². The molecular formula is C11H14F2N2O2. The van der Waals surface area contributed by atoms with Crippen molar-refractivity contribution in [1.29, 1.82) is 0 Å². The van der Waals surface area contributed by atoms with E-state index in [1.54, 1.807) is 12.1 Å². The topological polar surface area (TPSA) is 64.4 Å². The average Bonchev–Trinajstić information content (AvgIpc) is 2.28. The average molecular weight is 244 g/mol. The number of carbonyl (C=O) groups is 1. The van der Waals surface area contributed by atoms with Crippen LogP contribution in [-0.2, 0) is 4.79 Å². The van der Waals surface area contributed by atoms with Crippen molar-refractivity contribution in [2.75, 3.05) is 11.9 Å². The number of halogens is 2. The van der Waals surface area contributed by atoms with Crippen molar-refractivity contribution in [2.45, 2.75) is 19.5 Å². The van der Waals surface area contributed by atoms with Crippen LogP contribution in [0, 0.1) is 0 Å². The first-order valence-corrected chi connectivity index (χ1v) is 5.17. The minimum Gasteiger partial charge on any atom is -0.433 e. The van der Waals surface area contributed by atoms with Crippen molar-refractivity contribution < 1.29 is 18.3 Å². The Morgan fingerprint density at radius 1 is 1.41 bits per heavy atom. The molecule has 17 heavy (non-hydrogen) atoms. The van der Waals surface area contributed by atoms with E-state index in [9.17, 15) is 13.6 Å². The van der Waals surface area contributed by atoms with E-state index in [2.05, 4.69) is 10.1 Å². The molecule has 0 aliphatic heterocycles. The third kappa shape index (κ3) is 4.78. The first-order chi connectivity index (χ1) is 8.13. The van der Waals surface area contributed by atoms with Gasteiger partial charge in [0.1, 0.15) is 5.75 Å². The van der Waals surface area contributed by atoms with Gasteiger partial charge in [-0.1, -0.05) is 12.1 Å². The third-order valence-corrected chi connectivity index (χ3v) is 1.99. The van der Waals surface area contributed by atoms with Gasteiger partial charge < -0.3 is 15.8 Å². The number of nitrogens with one attached hydrogen (secondary N) is 1. The Labute approximate surface area is 97.8 Å². The molecule has 0 radical (unpaired) electrons. The summed E-state index contributed by atoms with van der Waals surface area (Å²) < 4.78 is 28.5. The van der Waals surface area contributed by atoms with Gasteiger partial charge in [0.15, 0.2) is 0 Å². The number of anilines is 1. The molecule has 3 N–H and O–H groups in total. The summed E-state index contributed by atoms with van der Waals surface area (Å²) in [4.78, 5) is 11.4. The van der Waals surface area contributed by atoms with E-state index >= 15 is 0 Å². The molecule has 0 aromatic heterocycles. The zero-order valence-corrected chi connectivity index (χ0v) is 9.16. The fraction of sp³-hybridized carbons (Fsp3) is 0.364. The highest BCUT2D eigenvalue weighted by Crippen LogP contribution is 2.25. The minimum atomic E-state index is -2.92. The van der Waals surface area contributed by atoms with Crippen LogP contribution in [0.5, 0.6) is 5.75 Å². The molecule has 1 aromatic carbocycles. The summed E-state index contributed by atoms with van der Waals surface area (Å²) >= 11 is 0. The van der Waals surface area contributed by atoms with E-state index in [0.717, 1.165) is 0 Å². The smallest absolute Gasteiger partial charge is 0.387 e. The fourth-order valence-electron chi connectivity index (χ4n) is 1.24. The molecule has 1 rings (SSSR count). The normalized spacial score (nSPS) is 10.4. The first kappa shape index (κ1) is 13.4. The van der Waals surface area contributed by atoms with E-state index in [1.165, 1.54) is 12.1 Å². The van der Waals surface area contributed by atoms with Gasteiger partial charge in [-0.05, 0) is 25.1 Å². The Hall–Kier alpha value is -1.69. The SMILES string of the molecule is NCCCC(=O)Nc1ccccc1OC(F)F. The molecule has 0 fully saturated rings. The fourth-order valence-corrected chi connectivity index (χ4v) is 1.24. The summed E-state index contributed by atoms with van der Waals surface area (Å²) in [6.07, 6.45) is 0.795. The standard InChI is InChI=1S/C11H14F2N2O2/c12-11(13)17-9-5-2-1-4-8(9)15-10(16)6-3-7-14/h1-2,4-5,11H,3,6-7,14H2,(H,15,16). The maximum atomic E-state index is 12.1. The lowest BCUT2D eigenvalue weighted by Gasteiger charge is -2.11. The molecule has 94 valence electrons. The van der Waals surface area contributed by atoms with Gasteiger partial charge in [0.05, 0.1) is 5.69 Å². The largest absolute Gasteiger partial charge is 0.433 e. The number of hydrogen-bond donors (Lipinski definition) is 2. The van der Waals surface area contributed by atoms with Crippen LogP contribution in [-0.4, -0.2) is 19.1 Å². The molecule has 0 saturated heterocycles. The van der Waals surface area contributed by atoms with Crippen molar-refractivity contribution >= 4 is 11.6 Å². The van der Waals surface area contributed by atoms with E-state index in [1.807, 2.05) is 0 Å². The van der Waals surface area contributed by atoms with Crippen LogP contribution in [0.1, 0.15) is 12.8 Å². The van der Waals surface area contributed by atoms with Gasteiger partial charge in [0.2, 0.25) is 5.91 Å². The van der Waals surface area contributed by atoms with E-state index in [-0.39, 0.29) is 23.8 Å². The highest BCUT2D eigenvalue weighted by Gasteiger charge is 2.10. The van der Waals surface area contributed by atoms with E-state index in [0.29, 0.717) is 13.0 Å². The minimum absolute atomic E-state index is 0.0522. The summed E-state index contributed by atoms with van der Waals surface area (Å²) in [6.45, 7) is -2.51. The molecule has 0 aliphatic rings. The van der Waals surface area contributed by atoms with Crippen LogP contribution >= 0.6 is 0 Å². The number of alkyl halides is 2. The Bertz CT molecular complexity index is 372. The summed E-state index contributed by atoms with van der Waals surface area (Å²) in [6, 6.07) is 6.03. The Balaban J connectivity index is 2.66. The number of amides is 1. The zero-order valence-electron chi connectivity index (χ0n) is 9.16.